The smallest absolute Gasteiger partial charge is 0.275 e. The van der Waals surface area contributed by atoms with Crippen molar-refractivity contribution < 1.29 is 4.79 Å². The van der Waals surface area contributed by atoms with Crippen LogP contribution in [0.1, 0.15) is 17.4 Å². The Morgan fingerprint density at radius 1 is 1.14 bits per heavy atom. The number of hydrogen-bond donors (Lipinski definition) is 2. The van der Waals surface area contributed by atoms with E-state index in [1.165, 1.54) is 24.5 Å². The van der Waals surface area contributed by atoms with Crippen molar-refractivity contribution in [2.75, 3.05) is 17.2 Å². The van der Waals surface area contributed by atoms with Gasteiger partial charge in [0, 0.05) is 6.54 Å². The lowest BCUT2D eigenvalue weighted by Gasteiger charge is -2.09. The number of anilines is 2. The minimum atomic E-state index is -0.442. The number of carbonyl (C=O) groups is 1. The summed E-state index contributed by atoms with van der Waals surface area (Å²) in [6.45, 7) is 2.60. The standard InChI is InChI=1S/C13H11Cl3N4O/c1-2-18-12-6-17-5-11(19-12)13(21)20-10-4-8(15)7(14)3-9(10)16/h3-6H,2H2,1H3,(H,18,19)(H,20,21). The SMILES string of the molecule is CCNc1cncc(C(=O)Nc2cc(Cl)c(Cl)cc2Cl)n1. The molecule has 2 N–H and O–H groups in total. The van der Waals surface area contributed by atoms with Gasteiger partial charge in [0.2, 0.25) is 0 Å². The molecule has 1 heterocycles. The van der Waals surface area contributed by atoms with Crippen molar-refractivity contribution in [2.45, 2.75) is 6.92 Å². The van der Waals surface area contributed by atoms with Gasteiger partial charge in [-0.25, -0.2) is 4.98 Å². The monoisotopic (exact) mass is 344 g/mol. The Balaban J connectivity index is 2.22. The van der Waals surface area contributed by atoms with Gasteiger partial charge in [-0.15, -0.1) is 0 Å². The minimum absolute atomic E-state index is 0.163. The van der Waals surface area contributed by atoms with Crippen molar-refractivity contribution in [3.8, 4) is 0 Å². The average molecular weight is 346 g/mol. The van der Waals surface area contributed by atoms with Crippen LogP contribution in [-0.2, 0) is 0 Å². The number of hydrogen-bond acceptors (Lipinski definition) is 4. The number of aromatic nitrogens is 2. The molecule has 2 rings (SSSR count). The highest BCUT2D eigenvalue weighted by Crippen LogP contribution is 2.32. The zero-order valence-electron chi connectivity index (χ0n) is 11.0. The Labute approximate surface area is 136 Å². The maximum Gasteiger partial charge on any atom is 0.275 e. The van der Waals surface area contributed by atoms with E-state index in [0.717, 1.165) is 0 Å². The first-order valence-corrected chi connectivity index (χ1v) is 7.16. The number of nitrogens with zero attached hydrogens (tertiary/aromatic N) is 2. The van der Waals surface area contributed by atoms with Crippen LogP contribution in [0.2, 0.25) is 15.1 Å². The third kappa shape index (κ3) is 3.97. The van der Waals surface area contributed by atoms with E-state index in [2.05, 4.69) is 20.6 Å². The van der Waals surface area contributed by atoms with Crippen molar-refractivity contribution in [1.29, 1.82) is 0 Å². The summed E-state index contributed by atoms with van der Waals surface area (Å²) >= 11 is 17.7. The second-order valence-corrected chi connectivity index (χ2v) is 5.24. The summed E-state index contributed by atoms with van der Waals surface area (Å²) in [7, 11) is 0. The molecule has 5 nitrogen and oxygen atoms in total. The van der Waals surface area contributed by atoms with Crippen molar-refractivity contribution in [3.05, 3.63) is 45.3 Å². The normalized spacial score (nSPS) is 10.3. The zero-order valence-corrected chi connectivity index (χ0v) is 13.2. The van der Waals surface area contributed by atoms with Gasteiger partial charge >= 0.3 is 0 Å². The van der Waals surface area contributed by atoms with Crippen LogP contribution in [0.3, 0.4) is 0 Å². The molecule has 1 aromatic carbocycles. The zero-order chi connectivity index (χ0) is 15.4. The van der Waals surface area contributed by atoms with Gasteiger partial charge in [0.1, 0.15) is 11.5 Å². The van der Waals surface area contributed by atoms with Gasteiger partial charge < -0.3 is 10.6 Å². The molecular formula is C13H11Cl3N4O. The topological polar surface area (TPSA) is 66.9 Å². The summed E-state index contributed by atoms with van der Waals surface area (Å²) in [5.41, 5.74) is 0.516. The van der Waals surface area contributed by atoms with Crippen molar-refractivity contribution in [2.24, 2.45) is 0 Å². The summed E-state index contributed by atoms with van der Waals surface area (Å²) in [6.07, 6.45) is 2.90. The molecule has 1 amide bonds. The van der Waals surface area contributed by atoms with Crippen molar-refractivity contribution in [1.82, 2.24) is 9.97 Å². The average Bonchev–Trinajstić information content (AvgIpc) is 2.45. The van der Waals surface area contributed by atoms with E-state index >= 15 is 0 Å². The molecule has 21 heavy (non-hydrogen) atoms. The molecule has 0 aliphatic heterocycles. The predicted molar refractivity (Wildman–Crippen MR) is 85.6 cm³/mol. The molecule has 0 saturated carbocycles. The Morgan fingerprint density at radius 3 is 2.57 bits per heavy atom. The maximum atomic E-state index is 12.1. The second-order valence-electron chi connectivity index (χ2n) is 4.02. The highest BCUT2D eigenvalue weighted by molar-refractivity contribution is 6.44. The summed E-state index contributed by atoms with van der Waals surface area (Å²) in [5.74, 6) is 0.0768. The van der Waals surface area contributed by atoms with Crippen LogP contribution in [0.5, 0.6) is 0 Å². The largest absolute Gasteiger partial charge is 0.369 e. The molecule has 0 fully saturated rings. The molecular weight excluding hydrogens is 335 g/mol. The highest BCUT2D eigenvalue weighted by atomic mass is 35.5. The van der Waals surface area contributed by atoms with E-state index in [9.17, 15) is 4.79 Å². The summed E-state index contributed by atoms with van der Waals surface area (Å²) in [4.78, 5) is 20.2. The Morgan fingerprint density at radius 2 is 1.86 bits per heavy atom. The van der Waals surface area contributed by atoms with E-state index in [4.69, 9.17) is 34.8 Å². The van der Waals surface area contributed by atoms with E-state index in [1.54, 1.807) is 0 Å². The molecule has 0 radical (unpaired) electrons. The number of amides is 1. The number of benzene rings is 1. The van der Waals surface area contributed by atoms with Gasteiger partial charge in [-0.05, 0) is 19.1 Å². The first kappa shape index (κ1) is 15.8. The molecule has 1 aromatic heterocycles. The predicted octanol–water partition coefficient (Wildman–Crippen LogP) is 4.12. The van der Waals surface area contributed by atoms with Gasteiger partial charge in [0.25, 0.3) is 5.91 Å². The van der Waals surface area contributed by atoms with Crippen LogP contribution < -0.4 is 10.6 Å². The molecule has 2 aromatic rings. The lowest BCUT2D eigenvalue weighted by Crippen LogP contribution is -2.15. The summed E-state index contributed by atoms with van der Waals surface area (Å²) < 4.78 is 0. The summed E-state index contributed by atoms with van der Waals surface area (Å²) in [6, 6.07) is 2.94. The quantitative estimate of drug-likeness (QED) is 0.818. The van der Waals surface area contributed by atoms with E-state index < -0.39 is 5.91 Å². The Hall–Kier alpha value is -1.56. The minimum Gasteiger partial charge on any atom is -0.369 e. The molecule has 0 saturated heterocycles. The van der Waals surface area contributed by atoms with Crippen LogP contribution >= 0.6 is 34.8 Å². The van der Waals surface area contributed by atoms with Crippen LogP contribution in [0.15, 0.2) is 24.5 Å². The molecule has 0 spiro atoms. The van der Waals surface area contributed by atoms with Crippen molar-refractivity contribution in [3.63, 3.8) is 0 Å². The molecule has 110 valence electrons. The van der Waals surface area contributed by atoms with Gasteiger partial charge in [-0.3, -0.25) is 9.78 Å². The van der Waals surface area contributed by atoms with Crippen molar-refractivity contribution >= 4 is 52.2 Å². The van der Waals surface area contributed by atoms with E-state index in [0.29, 0.717) is 28.1 Å². The van der Waals surface area contributed by atoms with Gasteiger partial charge in [0.05, 0.1) is 33.1 Å². The first-order valence-electron chi connectivity index (χ1n) is 6.03. The van der Waals surface area contributed by atoms with Crippen LogP contribution in [0, 0.1) is 0 Å². The Bertz CT molecular complexity index is 678. The fraction of sp³-hybridized carbons (Fsp3) is 0.154. The fourth-order valence-corrected chi connectivity index (χ4v) is 2.14. The highest BCUT2D eigenvalue weighted by Gasteiger charge is 2.13. The van der Waals surface area contributed by atoms with Crippen LogP contribution in [-0.4, -0.2) is 22.4 Å². The molecule has 0 atom stereocenters. The molecule has 0 bridgehead atoms. The lowest BCUT2D eigenvalue weighted by atomic mass is 10.3. The van der Waals surface area contributed by atoms with Gasteiger partial charge in [0.15, 0.2) is 0 Å². The van der Waals surface area contributed by atoms with Gasteiger partial charge in [-0.1, -0.05) is 34.8 Å². The lowest BCUT2D eigenvalue weighted by molar-refractivity contribution is 0.102. The number of rotatable bonds is 4. The Kier molecular flexibility index (Phi) is 5.22. The summed E-state index contributed by atoms with van der Waals surface area (Å²) in [5, 5.41) is 6.49. The second kappa shape index (κ2) is 6.93. The molecule has 0 aliphatic rings. The van der Waals surface area contributed by atoms with E-state index in [1.807, 2.05) is 6.92 Å². The van der Waals surface area contributed by atoms with E-state index in [-0.39, 0.29) is 10.7 Å². The maximum absolute atomic E-state index is 12.1. The number of nitrogens with one attached hydrogen (secondary N) is 2. The molecule has 8 heteroatoms. The number of halogens is 3. The number of carbonyl (C=O) groups excluding carboxylic acids is 1. The molecule has 0 unspecified atom stereocenters. The molecule has 0 aliphatic carbocycles. The van der Waals surface area contributed by atoms with Crippen LogP contribution in [0.4, 0.5) is 11.5 Å². The third-order valence-corrected chi connectivity index (χ3v) is 3.52. The van der Waals surface area contributed by atoms with Gasteiger partial charge in [-0.2, -0.15) is 0 Å². The van der Waals surface area contributed by atoms with Crippen LogP contribution in [0.25, 0.3) is 0 Å². The third-order valence-electron chi connectivity index (χ3n) is 2.48. The first-order chi connectivity index (χ1) is 10.0. The fourth-order valence-electron chi connectivity index (χ4n) is 1.55.